The molecule has 2 N–H and O–H groups in total. The number of nitrogens with one attached hydrogen (secondary N) is 2. The Bertz CT molecular complexity index is 1750. The summed E-state index contributed by atoms with van der Waals surface area (Å²) < 4.78 is 56.8. The third-order valence-electron chi connectivity index (χ3n) is 5.64. The Balaban J connectivity index is 1.56. The molecule has 0 bridgehead atoms. The molecule has 4 aromatic carbocycles. The van der Waals surface area contributed by atoms with Crippen molar-refractivity contribution < 1.29 is 21.6 Å². The first kappa shape index (κ1) is 29.9. The normalized spacial score (nSPS) is 11.6. The zero-order valence-electron chi connectivity index (χ0n) is 20.8. The van der Waals surface area contributed by atoms with Crippen LogP contribution in [0.4, 0.5) is 17.1 Å². The highest BCUT2D eigenvalue weighted by molar-refractivity contribution is 9.10. The van der Waals surface area contributed by atoms with Crippen molar-refractivity contribution in [2.24, 2.45) is 0 Å². The van der Waals surface area contributed by atoms with E-state index in [2.05, 4.69) is 26.0 Å². The van der Waals surface area contributed by atoms with Crippen LogP contribution >= 0.6 is 39.1 Å². The summed E-state index contributed by atoms with van der Waals surface area (Å²) in [6.45, 7) is 1.20. The van der Waals surface area contributed by atoms with E-state index >= 15 is 0 Å². The van der Waals surface area contributed by atoms with Crippen LogP contribution in [0.3, 0.4) is 0 Å². The average Bonchev–Trinajstić information content (AvgIpc) is 2.91. The molecule has 40 heavy (non-hydrogen) atoms. The van der Waals surface area contributed by atoms with E-state index in [1.807, 2.05) is 6.92 Å². The van der Waals surface area contributed by atoms with E-state index in [1.165, 1.54) is 54.6 Å². The highest BCUT2D eigenvalue weighted by Gasteiger charge is 2.29. The molecule has 0 radical (unpaired) electrons. The van der Waals surface area contributed by atoms with Crippen molar-refractivity contribution in [3.63, 3.8) is 0 Å². The van der Waals surface area contributed by atoms with Crippen molar-refractivity contribution in [2.45, 2.75) is 16.7 Å². The molecule has 1 amide bonds. The van der Waals surface area contributed by atoms with Crippen molar-refractivity contribution in [3.8, 4) is 0 Å². The van der Waals surface area contributed by atoms with Crippen molar-refractivity contribution >= 4 is 82.1 Å². The number of carbonyl (C=O) groups excluding carboxylic acids is 1. The van der Waals surface area contributed by atoms with Gasteiger partial charge in [-0.15, -0.1) is 0 Å². The molecule has 0 aromatic heterocycles. The second kappa shape index (κ2) is 12.2. The number of rotatable bonds is 9. The lowest BCUT2D eigenvalue weighted by molar-refractivity contribution is -0.114. The lowest BCUT2D eigenvalue weighted by Crippen LogP contribution is -2.38. The van der Waals surface area contributed by atoms with E-state index < -0.39 is 32.5 Å². The Labute approximate surface area is 251 Å². The fraction of sp³-hybridized carbons (Fsp3) is 0.0741. The fourth-order valence-corrected chi connectivity index (χ4v) is 6.81. The minimum atomic E-state index is -4.22. The molecule has 13 heteroatoms. The van der Waals surface area contributed by atoms with Crippen LogP contribution in [0.2, 0.25) is 10.0 Å². The van der Waals surface area contributed by atoms with Crippen LogP contribution in [0, 0.1) is 6.92 Å². The molecular weight excluding hydrogens is 661 g/mol. The molecule has 8 nitrogen and oxygen atoms in total. The highest BCUT2D eigenvalue weighted by Crippen LogP contribution is 2.35. The van der Waals surface area contributed by atoms with Crippen molar-refractivity contribution in [3.05, 3.63) is 111 Å². The van der Waals surface area contributed by atoms with Gasteiger partial charge in [-0.2, -0.15) is 0 Å². The average molecular weight is 683 g/mol. The molecule has 4 rings (SSSR count). The van der Waals surface area contributed by atoms with Crippen LogP contribution in [-0.4, -0.2) is 29.3 Å². The summed E-state index contributed by atoms with van der Waals surface area (Å²) in [5.74, 6) is -0.685. The molecule has 0 aliphatic rings. The molecule has 0 fully saturated rings. The molecule has 0 aliphatic carbocycles. The van der Waals surface area contributed by atoms with Gasteiger partial charge in [-0.05, 0) is 79.7 Å². The van der Waals surface area contributed by atoms with Gasteiger partial charge in [-0.3, -0.25) is 13.8 Å². The third kappa shape index (κ3) is 6.97. The van der Waals surface area contributed by atoms with E-state index in [0.717, 1.165) is 14.3 Å². The number of sulfonamides is 2. The van der Waals surface area contributed by atoms with Crippen LogP contribution < -0.4 is 14.3 Å². The van der Waals surface area contributed by atoms with Crippen LogP contribution in [0.15, 0.2) is 105 Å². The topological polar surface area (TPSA) is 113 Å². The Morgan fingerprint density at radius 3 is 2.00 bits per heavy atom. The standard InChI is InChI=1S/C27H22BrCl2N3O5S2/c1-18-5-13-23(14-6-18)40(37,38)33(25-4-2-3-24(29)27(25)30)17-26(34)31-20-11-15-22(16-12-20)39(35,36)32-21-9-7-19(28)8-10-21/h2-16,32H,17H2,1H3,(H,31,34). The Morgan fingerprint density at radius 2 is 1.38 bits per heavy atom. The molecule has 0 aliphatic heterocycles. The van der Waals surface area contributed by atoms with Gasteiger partial charge in [-0.1, -0.05) is 62.9 Å². The van der Waals surface area contributed by atoms with Crippen LogP contribution in [0.1, 0.15) is 5.56 Å². The molecule has 4 aromatic rings. The maximum atomic E-state index is 13.6. The number of aryl methyl sites for hydroxylation is 1. The monoisotopic (exact) mass is 681 g/mol. The van der Waals surface area contributed by atoms with Gasteiger partial charge in [0.05, 0.1) is 25.5 Å². The molecule has 208 valence electrons. The number of nitrogens with zero attached hydrogens (tertiary/aromatic N) is 1. The van der Waals surface area contributed by atoms with Crippen LogP contribution in [-0.2, 0) is 24.8 Å². The number of benzene rings is 4. The smallest absolute Gasteiger partial charge is 0.264 e. The van der Waals surface area contributed by atoms with Gasteiger partial charge in [0.1, 0.15) is 6.54 Å². The largest absolute Gasteiger partial charge is 0.325 e. The van der Waals surface area contributed by atoms with Gasteiger partial charge in [0, 0.05) is 15.8 Å². The van der Waals surface area contributed by atoms with E-state index in [1.54, 1.807) is 36.4 Å². The molecule has 0 spiro atoms. The molecular formula is C27H22BrCl2N3O5S2. The highest BCUT2D eigenvalue weighted by atomic mass is 79.9. The number of hydrogen-bond acceptors (Lipinski definition) is 5. The zero-order valence-corrected chi connectivity index (χ0v) is 25.5. The minimum absolute atomic E-state index is 0.0253. The summed E-state index contributed by atoms with van der Waals surface area (Å²) >= 11 is 15.8. The summed E-state index contributed by atoms with van der Waals surface area (Å²) in [5.41, 5.74) is 1.54. The van der Waals surface area contributed by atoms with Gasteiger partial charge in [0.2, 0.25) is 5.91 Å². The maximum absolute atomic E-state index is 13.6. The number of anilines is 3. The van der Waals surface area contributed by atoms with Gasteiger partial charge >= 0.3 is 0 Å². The minimum Gasteiger partial charge on any atom is -0.325 e. The second-order valence-corrected chi connectivity index (χ2v) is 13.8. The first-order chi connectivity index (χ1) is 18.9. The van der Waals surface area contributed by atoms with Gasteiger partial charge in [0.15, 0.2) is 0 Å². The number of hydrogen-bond donors (Lipinski definition) is 2. The summed E-state index contributed by atoms with van der Waals surface area (Å²) in [4.78, 5) is 13.0. The third-order valence-corrected chi connectivity index (χ3v) is 10.1. The molecule has 0 saturated heterocycles. The zero-order chi connectivity index (χ0) is 29.1. The lowest BCUT2D eigenvalue weighted by Gasteiger charge is -2.25. The SMILES string of the molecule is Cc1ccc(S(=O)(=O)N(CC(=O)Nc2ccc(S(=O)(=O)Nc3ccc(Br)cc3)cc2)c2cccc(Cl)c2Cl)cc1. The lowest BCUT2D eigenvalue weighted by atomic mass is 10.2. The number of amides is 1. The van der Waals surface area contributed by atoms with Gasteiger partial charge < -0.3 is 5.32 Å². The fourth-order valence-electron chi connectivity index (χ4n) is 3.60. The van der Waals surface area contributed by atoms with E-state index in [-0.39, 0.29) is 31.2 Å². The summed E-state index contributed by atoms with van der Waals surface area (Å²) in [5, 5.41) is 2.70. The molecule has 0 saturated carbocycles. The van der Waals surface area contributed by atoms with E-state index in [0.29, 0.717) is 5.69 Å². The second-order valence-electron chi connectivity index (χ2n) is 8.58. The van der Waals surface area contributed by atoms with Gasteiger partial charge in [-0.25, -0.2) is 16.8 Å². The van der Waals surface area contributed by atoms with Crippen molar-refractivity contribution in [1.29, 1.82) is 0 Å². The predicted octanol–water partition coefficient (Wildman–Crippen LogP) is 6.70. The van der Waals surface area contributed by atoms with Gasteiger partial charge in [0.25, 0.3) is 20.0 Å². The molecule has 0 unspecified atom stereocenters. The predicted molar refractivity (Wildman–Crippen MR) is 162 cm³/mol. The van der Waals surface area contributed by atoms with Crippen LogP contribution in [0.25, 0.3) is 0 Å². The Kier molecular flexibility index (Phi) is 9.11. The summed E-state index contributed by atoms with van der Waals surface area (Å²) in [6, 6.07) is 22.7. The Hall–Kier alpha value is -3.09. The first-order valence-corrected chi connectivity index (χ1v) is 16.1. The first-order valence-electron chi connectivity index (χ1n) is 11.6. The van der Waals surface area contributed by atoms with E-state index in [4.69, 9.17) is 23.2 Å². The number of carbonyl (C=O) groups is 1. The number of halogens is 3. The quantitative estimate of drug-likeness (QED) is 0.204. The van der Waals surface area contributed by atoms with Crippen LogP contribution in [0.5, 0.6) is 0 Å². The van der Waals surface area contributed by atoms with Crippen molar-refractivity contribution in [1.82, 2.24) is 0 Å². The molecule has 0 heterocycles. The molecule has 0 atom stereocenters. The summed E-state index contributed by atoms with van der Waals surface area (Å²) in [7, 11) is -8.10. The summed E-state index contributed by atoms with van der Waals surface area (Å²) in [6.07, 6.45) is 0. The Morgan fingerprint density at radius 1 is 0.800 bits per heavy atom. The van der Waals surface area contributed by atoms with E-state index in [9.17, 15) is 21.6 Å². The maximum Gasteiger partial charge on any atom is 0.264 e. The van der Waals surface area contributed by atoms with Crippen molar-refractivity contribution in [2.75, 3.05) is 20.9 Å².